The van der Waals surface area contributed by atoms with Crippen LogP contribution in [0.25, 0.3) is 11.3 Å². The number of carbonyl (C=O) groups excluding carboxylic acids is 2. The van der Waals surface area contributed by atoms with Crippen molar-refractivity contribution in [3.8, 4) is 22.8 Å². The molecule has 1 unspecified atom stereocenters. The van der Waals surface area contributed by atoms with E-state index in [4.69, 9.17) is 24.0 Å². The van der Waals surface area contributed by atoms with Crippen LogP contribution in [0.5, 0.6) is 11.5 Å². The zero-order valence-electron chi connectivity index (χ0n) is 23.3. The number of hydrogen-bond donors (Lipinski definition) is 1. The molecule has 2 heterocycles. The lowest BCUT2D eigenvalue weighted by molar-refractivity contribution is -0.136. The third kappa shape index (κ3) is 6.34. The molecule has 1 saturated heterocycles. The molecule has 218 valence electrons. The van der Waals surface area contributed by atoms with E-state index in [1.165, 1.54) is 35.8 Å². The number of nitrogens with zero attached hydrogens (tertiary/aromatic N) is 3. The zero-order chi connectivity index (χ0) is 28.9. The van der Waals surface area contributed by atoms with Crippen LogP contribution < -0.4 is 14.8 Å². The van der Waals surface area contributed by atoms with E-state index in [2.05, 4.69) is 5.32 Å². The summed E-state index contributed by atoms with van der Waals surface area (Å²) in [4.78, 5) is 24.8. The highest BCUT2D eigenvalue weighted by Crippen LogP contribution is 2.45. The van der Waals surface area contributed by atoms with Gasteiger partial charge >= 0.3 is 0 Å². The average molecular weight is 585 g/mol. The first-order valence-electron chi connectivity index (χ1n) is 13.3. The van der Waals surface area contributed by atoms with Crippen molar-refractivity contribution < 1.29 is 32.9 Å². The van der Waals surface area contributed by atoms with Crippen molar-refractivity contribution in [2.75, 3.05) is 58.8 Å². The second-order valence-corrected chi connectivity index (χ2v) is 11.0. The van der Waals surface area contributed by atoms with Crippen LogP contribution in [0.3, 0.4) is 0 Å². The molecule has 0 saturated carbocycles. The minimum absolute atomic E-state index is 0.136. The van der Waals surface area contributed by atoms with E-state index in [0.717, 1.165) is 28.2 Å². The molecule has 1 fully saturated rings. The van der Waals surface area contributed by atoms with E-state index in [1.54, 1.807) is 20.3 Å². The summed E-state index contributed by atoms with van der Waals surface area (Å²) >= 11 is 1.44. The minimum Gasteiger partial charge on any atom is -0.493 e. The molecule has 5 rings (SSSR count). The summed E-state index contributed by atoms with van der Waals surface area (Å²) in [5.74, 6) is 2.10. The molecule has 0 radical (unpaired) electrons. The average Bonchev–Trinajstić information content (AvgIpc) is 3.57. The number of imide groups is 1. The number of amides is 2. The van der Waals surface area contributed by atoms with E-state index in [1.807, 2.05) is 22.9 Å². The van der Waals surface area contributed by atoms with Crippen LogP contribution in [0.15, 0.2) is 36.4 Å². The first-order valence-corrected chi connectivity index (χ1v) is 14.4. The largest absolute Gasteiger partial charge is 0.493 e. The standard InChI is InChI=1S/C29H33FN4O6S/c1-33-26(35)17-25(29(33)36)41-12-11-40-10-9-39-8-7-34-28(31-20-6-4-5-19(30)15-20)22-13-18-14-23(37-2)24(38-3)16-21(18)27(22)32-34/h4-6,14-16,25,31H,7-13,17H2,1-3H3. The molecule has 2 aromatic carbocycles. The van der Waals surface area contributed by atoms with Crippen molar-refractivity contribution in [3.63, 3.8) is 0 Å². The molecule has 3 aromatic rings. The highest BCUT2D eigenvalue weighted by atomic mass is 32.2. The summed E-state index contributed by atoms with van der Waals surface area (Å²) in [7, 11) is 4.73. The predicted octanol–water partition coefficient (Wildman–Crippen LogP) is 3.88. The summed E-state index contributed by atoms with van der Waals surface area (Å²) < 4.78 is 38.2. The van der Waals surface area contributed by atoms with Crippen LogP contribution in [0.1, 0.15) is 17.5 Å². The van der Waals surface area contributed by atoms with Gasteiger partial charge in [-0.2, -0.15) is 5.10 Å². The van der Waals surface area contributed by atoms with Gasteiger partial charge in [-0.3, -0.25) is 14.5 Å². The molecular weight excluding hydrogens is 551 g/mol. The van der Waals surface area contributed by atoms with Gasteiger partial charge in [0.25, 0.3) is 0 Å². The van der Waals surface area contributed by atoms with Gasteiger partial charge in [-0.25, -0.2) is 9.07 Å². The van der Waals surface area contributed by atoms with Crippen LogP contribution in [0.4, 0.5) is 15.9 Å². The number of thioether (sulfide) groups is 1. The Morgan fingerprint density at radius 1 is 1.05 bits per heavy atom. The maximum Gasteiger partial charge on any atom is 0.242 e. The zero-order valence-corrected chi connectivity index (χ0v) is 24.1. The Balaban J connectivity index is 1.17. The lowest BCUT2D eigenvalue weighted by Crippen LogP contribution is -2.26. The molecule has 2 aliphatic rings. The Kier molecular flexibility index (Phi) is 9.11. The Bertz CT molecular complexity index is 1430. The van der Waals surface area contributed by atoms with E-state index < -0.39 is 0 Å². The number of aromatic nitrogens is 2. The van der Waals surface area contributed by atoms with E-state index in [-0.39, 0.29) is 29.3 Å². The fraction of sp³-hybridized carbons (Fsp3) is 0.414. The summed E-state index contributed by atoms with van der Waals surface area (Å²) in [6, 6.07) is 10.2. The fourth-order valence-corrected chi connectivity index (χ4v) is 6.00. The second kappa shape index (κ2) is 12.9. The Hall–Kier alpha value is -3.61. The maximum atomic E-state index is 13.9. The molecule has 41 heavy (non-hydrogen) atoms. The molecule has 1 aromatic heterocycles. The number of nitrogens with one attached hydrogen (secondary N) is 1. The molecule has 12 heteroatoms. The van der Waals surface area contributed by atoms with Crippen molar-refractivity contribution in [3.05, 3.63) is 53.3 Å². The molecule has 1 N–H and O–H groups in total. The Labute approximate surface area is 242 Å². The monoisotopic (exact) mass is 584 g/mol. The second-order valence-electron chi connectivity index (χ2n) is 9.65. The number of carbonyl (C=O) groups is 2. The minimum atomic E-state index is -0.326. The van der Waals surface area contributed by atoms with Crippen molar-refractivity contribution >= 4 is 35.1 Å². The normalized spacial score (nSPS) is 15.8. The van der Waals surface area contributed by atoms with Crippen molar-refractivity contribution in [2.24, 2.45) is 0 Å². The highest BCUT2D eigenvalue weighted by molar-refractivity contribution is 8.00. The summed E-state index contributed by atoms with van der Waals surface area (Å²) in [6.45, 7) is 2.17. The number of ether oxygens (including phenoxy) is 4. The van der Waals surface area contributed by atoms with E-state index >= 15 is 0 Å². The lowest BCUT2D eigenvalue weighted by atomic mass is 10.1. The van der Waals surface area contributed by atoms with Crippen LogP contribution in [-0.2, 0) is 32.0 Å². The molecule has 0 spiro atoms. The van der Waals surface area contributed by atoms with Crippen molar-refractivity contribution in [1.82, 2.24) is 14.7 Å². The number of hydrogen-bond acceptors (Lipinski definition) is 9. The van der Waals surface area contributed by atoms with Gasteiger partial charge in [0.1, 0.15) is 11.6 Å². The highest BCUT2D eigenvalue weighted by Gasteiger charge is 2.36. The van der Waals surface area contributed by atoms with Gasteiger partial charge in [-0.15, -0.1) is 11.8 Å². The Morgan fingerprint density at radius 3 is 2.51 bits per heavy atom. The van der Waals surface area contributed by atoms with Gasteiger partial charge in [0.05, 0.1) is 58.1 Å². The van der Waals surface area contributed by atoms with Crippen molar-refractivity contribution in [2.45, 2.75) is 24.6 Å². The van der Waals surface area contributed by atoms with Crippen LogP contribution in [0.2, 0.25) is 0 Å². The summed E-state index contributed by atoms with van der Waals surface area (Å²) in [5, 5.41) is 7.94. The van der Waals surface area contributed by atoms with Crippen LogP contribution >= 0.6 is 11.8 Å². The smallest absolute Gasteiger partial charge is 0.242 e. The van der Waals surface area contributed by atoms with Gasteiger partial charge in [-0.1, -0.05) is 6.07 Å². The number of fused-ring (bicyclic) bond motifs is 3. The number of rotatable bonds is 14. The first kappa shape index (κ1) is 28.9. The number of halogens is 1. The molecule has 0 bridgehead atoms. The third-order valence-corrected chi connectivity index (χ3v) is 8.25. The van der Waals surface area contributed by atoms with Crippen molar-refractivity contribution in [1.29, 1.82) is 0 Å². The maximum absolute atomic E-state index is 13.9. The third-order valence-electron chi connectivity index (χ3n) is 7.08. The molecule has 2 amide bonds. The van der Waals surface area contributed by atoms with Gasteiger partial charge in [0, 0.05) is 42.5 Å². The van der Waals surface area contributed by atoms with Gasteiger partial charge in [-0.05, 0) is 35.9 Å². The van der Waals surface area contributed by atoms with Crippen LogP contribution in [-0.4, -0.2) is 85.2 Å². The molecule has 1 atom stereocenters. The molecule has 1 aliphatic carbocycles. The molecule has 10 nitrogen and oxygen atoms in total. The summed E-state index contributed by atoms with van der Waals surface area (Å²) in [5.41, 5.74) is 4.53. The van der Waals surface area contributed by atoms with Gasteiger partial charge in [0.2, 0.25) is 11.8 Å². The fourth-order valence-electron chi connectivity index (χ4n) is 4.94. The molecule has 1 aliphatic heterocycles. The van der Waals surface area contributed by atoms with Crippen LogP contribution in [0, 0.1) is 5.82 Å². The number of benzene rings is 2. The van der Waals surface area contributed by atoms with Gasteiger partial charge in [0.15, 0.2) is 11.5 Å². The lowest BCUT2D eigenvalue weighted by Gasteiger charge is -2.13. The first-order chi connectivity index (χ1) is 19.9. The number of anilines is 2. The van der Waals surface area contributed by atoms with Gasteiger partial charge < -0.3 is 24.3 Å². The summed E-state index contributed by atoms with van der Waals surface area (Å²) in [6.07, 6.45) is 0.898. The SMILES string of the molecule is COc1cc2c(cc1OC)-c1nn(CCOCCOCCSC3CC(=O)N(C)C3=O)c(Nc3cccc(F)c3)c1C2. The predicted molar refractivity (Wildman–Crippen MR) is 154 cm³/mol. The van der Waals surface area contributed by atoms with E-state index in [9.17, 15) is 14.0 Å². The Morgan fingerprint density at radius 2 is 1.80 bits per heavy atom. The quantitative estimate of drug-likeness (QED) is 0.175. The topological polar surface area (TPSA) is 104 Å². The number of likely N-dealkylation sites (tertiary alicyclic amines) is 1. The molecular formula is C29H33FN4O6S. The number of methoxy groups -OCH3 is 2. The van der Waals surface area contributed by atoms with E-state index in [0.29, 0.717) is 62.3 Å².